The second kappa shape index (κ2) is 5.25. The molecular weight excluding hydrogens is 334 g/mol. The van der Waals surface area contributed by atoms with Gasteiger partial charge in [0.05, 0.1) is 10.5 Å². The quantitative estimate of drug-likeness (QED) is 0.520. The molecule has 0 radical (unpaired) electrons. The maximum absolute atomic E-state index is 11.1. The summed E-state index contributed by atoms with van der Waals surface area (Å²) in [6, 6.07) is 4.93. The van der Waals surface area contributed by atoms with E-state index >= 15 is 0 Å². The van der Waals surface area contributed by atoms with Gasteiger partial charge in [-0.05, 0) is 34.1 Å². The Morgan fingerprint density at radius 3 is 2.60 bits per heavy atom. The Morgan fingerprint density at radius 1 is 1.40 bits per heavy atom. The highest BCUT2D eigenvalue weighted by Crippen LogP contribution is 2.38. The van der Waals surface area contributed by atoms with Crippen molar-refractivity contribution in [2.45, 2.75) is 0 Å². The lowest BCUT2D eigenvalue weighted by Crippen LogP contribution is -2.00. The fourth-order valence-electron chi connectivity index (χ4n) is 1.65. The SMILES string of the molecule is O=Cc1ccc(-c2c(Br)cc(C(=O)O)cc2[N+](=O)[O-])o1. The first-order valence-corrected chi connectivity index (χ1v) is 6.00. The van der Waals surface area contributed by atoms with Gasteiger partial charge in [-0.25, -0.2) is 4.79 Å². The number of hydrogen-bond acceptors (Lipinski definition) is 5. The first-order valence-electron chi connectivity index (χ1n) is 5.20. The number of halogens is 1. The molecule has 2 rings (SSSR count). The number of aromatic carboxylic acids is 1. The monoisotopic (exact) mass is 339 g/mol. The number of carbonyl (C=O) groups excluding carboxylic acids is 1. The molecule has 7 nitrogen and oxygen atoms in total. The van der Waals surface area contributed by atoms with Crippen molar-refractivity contribution in [1.29, 1.82) is 0 Å². The highest BCUT2D eigenvalue weighted by molar-refractivity contribution is 9.10. The lowest BCUT2D eigenvalue weighted by Gasteiger charge is -2.04. The highest BCUT2D eigenvalue weighted by Gasteiger charge is 2.24. The molecule has 0 saturated carbocycles. The summed E-state index contributed by atoms with van der Waals surface area (Å²) in [7, 11) is 0. The first kappa shape index (κ1) is 13.9. The van der Waals surface area contributed by atoms with Gasteiger partial charge in [-0.2, -0.15) is 0 Å². The van der Waals surface area contributed by atoms with E-state index < -0.39 is 16.6 Å². The van der Waals surface area contributed by atoms with Crippen LogP contribution in [0, 0.1) is 10.1 Å². The predicted molar refractivity (Wildman–Crippen MR) is 70.8 cm³/mol. The van der Waals surface area contributed by atoms with Crippen LogP contribution < -0.4 is 0 Å². The van der Waals surface area contributed by atoms with E-state index in [0.29, 0.717) is 6.29 Å². The molecule has 0 amide bonds. The van der Waals surface area contributed by atoms with Crippen LogP contribution in [0.4, 0.5) is 5.69 Å². The number of carbonyl (C=O) groups is 2. The van der Waals surface area contributed by atoms with Crippen LogP contribution in [0.2, 0.25) is 0 Å². The second-order valence-corrected chi connectivity index (χ2v) is 4.59. The second-order valence-electron chi connectivity index (χ2n) is 3.73. The number of aldehydes is 1. The van der Waals surface area contributed by atoms with Gasteiger partial charge in [0, 0.05) is 10.5 Å². The van der Waals surface area contributed by atoms with E-state index in [2.05, 4.69) is 15.9 Å². The number of benzene rings is 1. The average Bonchev–Trinajstić information content (AvgIpc) is 2.85. The number of nitro benzene ring substituents is 1. The van der Waals surface area contributed by atoms with Crippen molar-refractivity contribution in [2.24, 2.45) is 0 Å². The normalized spacial score (nSPS) is 10.2. The Labute approximate surface area is 120 Å². The van der Waals surface area contributed by atoms with Crippen LogP contribution in [0.5, 0.6) is 0 Å². The fraction of sp³-hybridized carbons (Fsp3) is 0. The maximum Gasteiger partial charge on any atom is 0.335 e. The molecule has 0 aliphatic carbocycles. The summed E-state index contributed by atoms with van der Waals surface area (Å²) in [5, 5.41) is 20.0. The fourth-order valence-corrected chi connectivity index (χ4v) is 2.30. The molecule has 1 N–H and O–H groups in total. The molecule has 0 bridgehead atoms. The van der Waals surface area contributed by atoms with E-state index in [-0.39, 0.29) is 27.1 Å². The molecule has 8 heteroatoms. The number of nitrogens with zero attached hydrogens (tertiary/aromatic N) is 1. The molecule has 1 aromatic carbocycles. The molecule has 0 atom stereocenters. The van der Waals surface area contributed by atoms with E-state index in [1.165, 1.54) is 18.2 Å². The zero-order valence-electron chi connectivity index (χ0n) is 9.70. The van der Waals surface area contributed by atoms with Crippen LogP contribution in [0.15, 0.2) is 33.2 Å². The van der Waals surface area contributed by atoms with Gasteiger partial charge in [0.2, 0.25) is 0 Å². The van der Waals surface area contributed by atoms with Gasteiger partial charge in [-0.3, -0.25) is 14.9 Å². The van der Waals surface area contributed by atoms with Crippen molar-refractivity contribution in [1.82, 2.24) is 0 Å². The smallest absolute Gasteiger partial charge is 0.335 e. The van der Waals surface area contributed by atoms with Crippen molar-refractivity contribution >= 4 is 33.9 Å². The third kappa shape index (κ3) is 2.45. The van der Waals surface area contributed by atoms with Gasteiger partial charge in [0.1, 0.15) is 11.3 Å². The summed E-state index contributed by atoms with van der Waals surface area (Å²) < 4.78 is 5.33. The number of carboxylic acids is 1. The average molecular weight is 340 g/mol. The third-order valence-electron chi connectivity index (χ3n) is 2.50. The Bertz CT molecular complexity index is 721. The van der Waals surface area contributed by atoms with Crippen LogP contribution in [0.1, 0.15) is 20.9 Å². The molecule has 102 valence electrons. The largest absolute Gasteiger partial charge is 0.478 e. The topological polar surface area (TPSA) is 111 Å². The van der Waals surface area contributed by atoms with Crippen LogP contribution in [-0.4, -0.2) is 22.3 Å². The summed E-state index contributed by atoms with van der Waals surface area (Å²) in [5.74, 6) is -1.17. The number of carboxylic acid groups (broad SMARTS) is 1. The molecular formula is C12H6BrNO6. The summed E-state index contributed by atoms with van der Waals surface area (Å²) in [6.07, 6.45) is 0.467. The first-order chi connectivity index (χ1) is 9.43. The zero-order chi connectivity index (χ0) is 14.9. The van der Waals surface area contributed by atoms with E-state index in [9.17, 15) is 19.7 Å². The Kier molecular flexibility index (Phi) is 3.66. The van der Waals surface area contributed by atoms with Gasteiger partial charge >= 0.3 is 5.97 Å². The summed E-state index contributed by atoms with van der Waals surface area (Å²) in [4.78, 5) is 31.9. The molecule has 0 spiro atoms. The minimum Gasteiger partial charge on any atom is -0.478 e. The predicted octanol–water partition coefficient (Wildman–Crippen LogP) is 3.13. The standard InChI is InChI=1S/C12H6BrNO6/c13-8-3-6(12(16)17)4-9(14(18)19)11(8)10-2-1-7(5-15)20-10/h1-5H,(H,16,17). The van der Waals surface area contributed by atoms with Crippen molar-refractivity contribution in [3.05, 3.63) is 50.2 Å². The van der Waals surface area contributed by atoms with Crippen molar-refractivity contribution in [3.63, 3.8) is 0 Å². The Balaban J connectivity index is 2.71. The maximum atomic E-state index is 11.1. The minimum atomic E-state index is -1.28. The number of furan rings is 1. The zero-order valence-corrected chi connectivity index (χ0v) is 11.3. The van der Waals surface area contributed by atoms with E-state index in [1.807, 2.05) is 0 Å². The van der Waals surface area contributed by atoms with E-state index in [1.54, 1.807) is 0 Å². The molecule has 20 heavy (non-hydrogen) atoms. The lowest BCUT2D eigenvalue weighted by atomic mass is 10.1. The van der Waals surface area contributed by atoms with Gasteiger partial charge in [0.25, 0.3) is 5.69 Å². The lowest BCUT2D eigenvalue weighted by molar-refractivity contribution is -0.384. The van der Waals surface area contributed by atoms with Gasteiger partial charge < -0.3 is 9.52 Å². The number of hydrogen-bond donors (Lipinski definition) is 1. The Morgan fingerprint density at radius 2 is 2.10 bits per heavy atom. The molecule has 0 fully saturated rings. The number of nitro groups is 1. The molecule has 2 aromatic rings. The van der Waals surface area contributed by atoms with Gasteiger partial charge in [-0.1, -0.05) is 0 Å². The van der Waals surface area contributed by atoms with Crippen LogP contribution in [-0.2, 0) is 0 Å². The van der Waals surface area contributed by atoms with Gasteiger partial charge in [-0.15, -0.1) is 0 Å². The molecule has 0 aliphatic rings. The summed E-state index contributed by atoms with van der Waals surface area (Å²) in [6.45, 7) is 0. The van der Waals surface area contributed by atoms with Crippen molar-refractivity contribution < 1.29 is 24.0 Å². The van der Waals surface area contributed by atoms with Crippen LogP contribution in [0.25, 0.3) is 11.3 Å². The highest BCUT2D eigenvalue weighted by atomic mass is 79.9. The van der Waals surface area contributed by atoms with E-state index in [4.69, 9.17) is 9.52 Å². The summed E-state index contributed by atoms with van der Waals surface area (Å²) >= 11 is 3.09. The minimum absolute atomic E-state index is 0.0171. The van der Waals surface area contributed by atoms with Crippen molar-refractivity contribution in [3.8, 4) is 11.3 Å². The van der Waals surface area contributed by atoms with Crippen LogP contribution in [0.3, 0.4) is 0 Å². The summed E-state index contributed by atoms with van der Waals surface area (Å²) in [5.41, 5.74) is -0.578. The molecule has 1 heterocycles. The van der Waals surface area contributed by atoms with E-state index in [0.717, 1.165) is 6.07 Å². The molecule has 0 aliphatic heterocycles. The van der Waals surface area contributed by atoms with Crippen LogP contribution >= 0.6 is 15.9 Å². The van der Waals surface area contributed by atoms with Crippen molar-refractivity contribution in [2.75, 3.05) is 0 Å². The molecule has 0 unspecified atom stereocenters. The molecule has 1 aromatic heterocycles. The third-order valence-corrected chi connectivity index (χ3v) is 3.13. The molecule has 0 saturated heterocycles. The number of rotatable bonds is 4. The van der Waals surface area contributed by atoms with Gasteiger partial charge in [0.15, 0.2) is 12.0 Å². The Hall–Kier alpha value is -2.48.